The van der Waals surface area contributed by atoms with Crippen LogP contribution in [0, 0.1) is 0 Å². The predicted octanol–water partition coefficient (Wildman–Crippen LogP) is -1.57. The number of methoxy groups -OCH3 is 1. The van der Waals surface area contributed by atoms with Gasteiger partial charge in [0, 0.05) is 7.11 Å². The largest absolute Gasteiger partial charge is 0.388 e. The highest BCUT2D eigenvalue weighted by Crippen LogP contribution is 2.19. The number of nitrogens with two attached hydrogens (primary N) is 1. The molecule has 1 aliphatic rings. The number of aliphatic hydroxyl groups is 2. The van der Waals surface area contributed by atoms with Crippen molar-refractivity contribution in [3.8, 4) is 0 Å². The molecule has 1 heterocycles. The first-order valence-corrected chi connectivity index (χ1v) is 3.88. The minimum absolute atomic E-state index is 0.360. The van der Waals surface area contributed by atoms with Crippen molar-refractivity contribution in [2.45, 2.75) is 37.6 Å². The van der Waals surface area contributed by atoms with Crippen LogP contribution in [0.25, 0.3) is 0 Å². The molecular formula is C7H15NO4. The lowest BCUT2D eigenvalue weighted by atomic mass is 9.98. The quantitative estimate of drug-likeness (QED) is 0.450. The molecule has 0 aromatic carbocycles. The fourth-order valence-electron chi connectivity index (χ4n) is 1.31. The van der Waals surface area contributed by atoms with Crippen LogP contribution in [0.1, 0.15) is 6.92 Å². The molecule has 12 heavy (non-hydrogen) atoms. The highest BCUT2D eigenvalue weighted by molar-refractivity contribution is 4.90. The number of ether oxygens (including phenoxy) is 2. The number of aliphatic hydroxyl groups excluding tert-OH is 2. The van der Waals surface area contributed by atoms with Crippen LogP contribution in [0.5, 0.6) is 0 Å². The van der Waals surface area contributed by atoms with Crippen molar-refractivity contribution < 1.29 is 19.7 Å². The Morgan fingerprint density at radius 3 is 2.50 bits per heavy atom. The molecule has 0 amide bonds. The van der Waals surface area contributed by atoms with Gasteiger partial charge in [-0.1, -0.05) is 0 Å². The maximum Gasteiger partial charge on any atom is 0.184 e. The molecule has 5 atom stereocenters. The minimum atomic E-state index is -1.10. The second kappa shape index (κ2) is 3.68. The third-order valence-electron chi connectivity index (χ3n) is 2.18. The maximum absolute atomic E-state index is 9.49. The van der Waals surface area contributed by atoms with Gasteiger partial charge in [-0.3, -0.25) is 0 Å². The van der Waals surface area contributed by atoms with Gasteiger partial charge in [-0.15, -0.1) is 0 Å². The van der Waals surface area contributed by atoms with E-state index in [1.54, 1.807) is 6.92 Å². The molecule has 0 aromatic rings. The van der Waals surface area contributed by atoms with E-state index in [9.17, 15) is 10.2 Å². The molecule has 0 radical (unpaired) electrons. The van der Waals surface area contributed by atoms with Crippen LogP contribution < -0.4 is 5.73 Å². The minimum Gasteiger partial charge on any atom is -0.388 e. The van der Waals surface area contributed by atoms with Gasteiger partial charge >= 0.3 is 0 Å². The Morgan fingerprint density at radius 1 is 1.42 bits per heavy atom. The van der Waals surface area contributed by atoms with Crippen LogP contribution in [0.15, 0.2) is 0 Å². The molecule has 0 spiro atoms. The van der Waals surface area contributed by atoms with E-state index >= 15 is 0 Å². The molecule has 0 aromatic heterocycles. The van der Waals surface area contributed by atoms with E-state index in [1.807, 2.05) is 0 Å². The molecule has 1 fully saturated rings. The van der Waals surface area contributed by atoms with Gasteiger partial charge in [-0.05, 0) is 6.92 Å². The second-order valence-electron chi connectivity index (χ2n) is 3.00. The lowest BCUT2D eigenvalue weighted by Crippen LogP contribution is -2.60. The Morgan fingerprint density at radius 2 is 2.00 bits per heavy atom. The van der Waals surface area contributed by atoms with Crippen LogP contribution in [0.4, 0.5) is 0 Å². The summed E-state index contributed by atoms with van der Waals surface area (Å²) in [4.78, 5) is 0. The van der Waals surface area contributed by atoms with Gasteiger partial charge in [0.15, 0.2) is 6.29 Å². The Kier molecular flexibility index (Phi) is 3.03. The zero-order valence-corrected chi connectivity index (χ0v) is 7.18. The first kappa shape index (κ1) is 9.88. The van der Waals surface area contributed by atoms with Gasteiger partial charge in [0.25, 0.3) is 0 Å². The highest BCUT2D eigenvalue weighted by Gasteiger charge is 2.40. The lowest BCUT2D eigenvalue weighted by Gasteiger charge is -2.39. The van der Waals surface area contributed by atoms with E-state index in [-0.39, 0.29) is 6.10 Å². The molecule has 1 rings (SSSR count). The first-order chi connectivity index (χ1) is 5.57. The number of hydrogen-bond donors (Lipinski definition) is 3. The standard InChI is InChI=1S/C7H15NO4/c1-3-4(8)5(9)6(11-2)7(10)12-3/h3-7,9-10H,8H2,1-2H3/t3-,4-,5+,6-,7+/m1/s1. The normalized spacial score (nSPS) is 49.2. The van der Waals surface area contributed by atoms with Gasteiger partial charge in [-0.2, -0.15) is 0 Å². The Labute approximate surface area is 71.1 Å². The number of rotatable bonds is 1. The van der Waals surface area contributed by atoms with Gasteiger partial charge in [0.05, 0.1) is 12.1 Å². The summed E-state index contributed by atoms with van der Waals surface area (Å²) in [7, 11) is 1.39. The molecule has 5 heteroatoms. The third kappa shape index (κ3) is 1.60. The van der Waals surface area contributed by atoms with Crippen molar-refractivity contribution in [2.75, 3.05) is 7.11 Å². The van der Waals surface area contributed by atoms with E-state index in [1.165, 1.54) is 7.11 Å². The summed E-state index contributed by atoms with van der Waals surface area (Å²) < 4.78 is 9.85. The summed E-state index contributed by atoms with van der Waals surface area (Å²) in [5.41, 5.74) is 5.58. The van der Waals surface area contributed by atoms with Gasteiger partial charge in [0.1, 0.15) is 12.2 Å². The first-order valence-electron chi connectivity index (χ1n) is 3.88. The number of hydrogen-bond acceptors (Lipinski definition) is 5. The van der Waals surface area contributed by atoms with Crippen molar-refractivity contribution in [1.82, 2.24) is 0 Å². The summed E-state index contributed by atoms with van der Waals surface area (Å²) in [5, 5.41) is 18.8. The van der Waals surface area contributed by atoms with Crippen LogP contribution in [0.3, 0.4) is 0 Å². The van der Waals surface area contributed by atoms with E-state index in [4.69, 9.17) is 15.2 Å². The summed E-state index contributed by atoms with van der Waals surface area (Å²) in [6.45, 7) is 1.70. The maximum atomic E-state index is 9.49. The third-order valence-corrected chi connectivity index (χ3v) is 2.18. The van der Waals surface area contributed by atoms with Gasteiger partial charge < -0.3 is 25.4 Å². The van der Waals surface area contributed by atoms with Gasteiger partial charge in [0.2, 0.25) is 0 Å². The van der Waals surface area contributed by atoms with Crippen LogP contribution >= 0.6 is 0 Å². The summed E-state index contributed by atoms with van der Waals surface area (Å²) >= 11 is 0. The smallest absolute Gasteiger partial charge is 0.184 e. The molecule has 4 N–H and O–H groups in total. The average molecular weight is 177 g/mol. The van der Waals surface area contributed by atoms with Crippen molar-refractivity contribution in [2.24, 2.45) is 5.73 Å². The van der Waals surface area contributed by atoms with Gasteiger partial charge in [-0.25, -0.2) is 0 Å². The zero-order chi connectivity index (χ0) is 9.30. The van der Waals surface area contributed by atoms with E-state index in [0.29, 0.717) is 0 Å². The zero-order valence-electron chi connectivity index (χ0n) is 7.18. The summed E-state index contributed by atoms with van der Waals surface area (Å²) in [6.07, 6.45) is -3.09. The van der Waals surface area contributed by atoms with Crippen molar-refractivity contribution in [3.05, 3.63) is 0 Å². The Balaban J connectivity index is 2.65. The van der Waals surface area contributed by atoms with Crippen molar-refractivity contribution in [3.63, 3.8) is 0 Å². The Bertz CT molecular complexity index is 154. The predicted molar refractivity (Wildman–Crippen MR) is 41.3 cm³/mol. The monoisotopic (exact) mass is 177 g/mol. The topological polar surface area (TPSA) is 84.9 Å². The van der Waals surface area contributed by atoms with E-state index in [2.05, 4.69) is 0 Å². The van der Waals surface area contributed by atoms with Crippen molar-refractivity contribution >= 4 is 0 Å². The molecule has 0 unspecified atom stereocenters. The molecule has 1 saturated heterocycles. The molecule has 0 saturated carbocycles. The molecule has 72 valence electrons. The Hall–Kier alpha value is -0.200. The SMILES string of the molecule is CO[C@@H]1[C@@H](O)[C@H](N)[C@@H](C)O[C@@H]1O. The second-order valence-corrected chi connectivity index (χ2v) is 3.00. The molecule has 1 aliphatic heterocycles. The van der Waals surface area contributed by atoms with Crippen LogP contribution in [0.2, 0.25) is 0 Å². The lowest BCUT2D eigenvalue weighted by molar-refractivity contribution is -0.256. The van der Waals surface area contributed by atoms with E-state index < -0.39 is 24.5 Å². The average Bonchev–Trinajstić information content (AvgIpc) is 2.01. The summed E-state index contributed by atoms with van der Waals surface area (Å²) in [6, 6.07) is -0.515. The summed E-state index contributed by atoms with van der Waals surface area (Å²) in [5.74, 6) is 0. The van der Waals surface area contributed by atoms with Crippen LogP contribution in [-0.4, -0.2) is 48.0 Å². The molecule has 0 bridgehead atoms. The highest BCUT2D eigenvalue weighted by atomic mass is 16.6. The molecule has 0 aliphatic carbocycles. The van der Waals surface area contributed by atoms with Crippen LogP contribution in [-0.2, 0) is 9.47 Å². The fraction of sp³-hybridized carbons (Fsp3) is 1.00. The molecular weight excluding hydrogens is 162 g/mol. The van der Waals surface area contributed by atoms with E-state index in [0.717, 1.165) is 0 Å². The van der Waals surface area contributed by atoms with Crippen molar-refractivity contribution in [1.29, 1.82) is 0 Å². The molecule has 5 nitrogen and oxygen atoms in total. The fourth-order valence-corrected chi connectivity index (χ4v) is 1.31.